The van der Waals surface area contributed by atoms with Gasteiger partial charge in [-0.05, 0) is 31.0 Å². The Hall–Kier alpha value is -1.35. The number of benzene rings is 1. The number of nitrogens with zero attached hydrogens (tertiary/aromatic N) is 1. The lowest BCUT2D eigenvalue weighted by Crippen LogP contribution is -2.43. The molecule has 1 N–H and O–H groups in total. The van der Waals surface area contributed by atoms with Crippen LogP contribution < -0.4 is 5.32 Å². The van der Waals surface area contributed by atoms with E-state index in [0.717, 1.165) is 13.1 Å². The van der Waals surface area contributed by atoms with Gasteiger partial charge in [0.1, 0.15) is 0 Å². The molecular formula is C18H30N2O. The summed E-state index contributed by atoms with van der Waals surface area (Å²) in [5, 5.41) is 3.08. The molecule has 1 aromatic rings. The van der Waals surface area contributed by atoms with Crippen molar-refractivity contribution in [3.8, 4) is 0 Å². The zero-order chi connectivity index (χ0) is 15.9. The summed E-state index contributed by atoms with van der Waals surface area (Å²) in [6, 6.07) is 10.6. The second-order valence-corrected chi connectivity index (χ2v) is 6.30. The molecule has 0 radical (unpaired) electrons. The minimum Gasteiger partial charge on any atom is -0.355 e. The fourth-order valence-corrected chi connectivity index (χ4v) is 2.69. The molecule has 1 atom stereocenters. The quantitative estimate of drug-likeness (QED) is 0.797. The Morgan fingerprint density at radius 2 is 1.76 bits per heavy atom. The van der Waals surface area contributed by atoms with Crippen molar-refractivity contribution in [3.05, 3.63) is 35.9 Å². The Morgan fingerprint density at radius 3 is 2.29 bits per heavy atom. The van der Waals surface area contributed by atoms with Gasteiger partial charge in [-0.15, -0.1) is 0 Å². The summed E-state index contributed by atoms with van der Waals surface area (Å²) in [5.41, 5.74) is 1.07. The lowest BCUT2D eigenvalue weighted by molar-refractivity contribution is -0.122. The fraction of sp³-hybridized carbons (Fsp3) is 0.611. The highest BCUT2D eigenvalue weighted by Crippen LogP contribution is 2.26. The van der Waals surface area contributed by atoms with Crippen molar-refractivity contribution in [2.75, 3.05) is 19.6 Å². The molecule has 0 aromatic heterocycles. The number of carbonyl (C=O) groups excluding carboxylic acids is 1. The Balaban J connectivity index is 2.50. The summed E-state index contributed by atoms with van der Waals surface area (Å²) >= 11 is 0. The van der Waals surface area contributed by atoms with Gasteiger partial charge >= 0.3 is 0 Å². The van der Waals surface area contributed by atoms with Crippen LogP contribution in [-0.4, -0.2) is 36.5 Å². The molecule has 0 aliphatic carbocycles. The highest BCUT2D eigenvalue weighted by atomic mass is 16.1. The van der Waals surface area contributed by atoms with Crippen LogP contribution in [0.1, 0.15) is 46.6 Å². The summed E-state index contributed by atoms with van der Waals surface area (Å²) in [5.74, 6) is 0.128. The zero-order valence-corrected chi connectivity index (χ0v) is 14.1. The number of amides is 1. The number of hydrogen-bond acceptors (Lipinski definition) is 2. The molecule has 0 aliphatic rings. The Labute approximate surface area is 129 Å². The molecule has 0 bridgehead atoms. The summed E-state index contributed by atoms with van der Waals surface area (Å²) < 4.78 is 0. The molecule has 1 rings (SSSR count). The molecule has 3 heteroatoms. The van der Waals surface area contributed by atoms with Gasteiger partial charge in [-0.2, -0.15) is 0 Å². The third-order valence-electron chi connectivity index (χ3n) is 4.19. The number of rotatable bonds is 8. The first-order valence-corrected chi connectivity index (χ1v) is 7.97. The maximum absolute atomic E-state index is 12.2. The molecule has 0 saturated carbocycles. The molecule has 0 aliphatic heterocycles. The largest absolute Gasteiger partial charge is 0.355 e. The monoisotopic (exact) mass is 290 g/mol. The highest BCUT2D eigenvalue weighted by Gasteiger charge is 2.24. The first-order valence-electron chi connectivity index (χ1n) is 7.97. The summed E-state index contributed by atoms with van der Waals surface area (Å²) in [6.07, 6.45) is 0.516. The summed E-state index contributed by atoms with van der Waals surface area (Å²) in [6.45, 7) is 13.5. The maximum atomic E-state index is 12.2. The van der Waals surface area contributed by atoms with Crippen LogP contribution in [0.25, 0.3) is 0 Å². The molecule has 0 saturated heterocycles. The topological polar surface area (TPSA) is 32.3 Å². The normalized spacial score (nSPS) is 13.2. The number of hydrogen-bond donors (Lipinski definition) is 1. The third-order valence-corrected chi connectivity index (χ3v) is 4.19. The van der Waals surface area contributed by atoms with Crippen molar-refractivity contribution < 1.29 is 4.79 Å². The van der Waals surface area contributed by atoms with Gasteiger partial charge in [-0.25, -0.2) is 0 Å². The van der Waals surface area contributed by atoms with E-state index < -0.39 is 0 Å². The van der Waals surface area contributed by atoms with Crippen molar-refractivity contribution in [1.82, 2.24) is 10.2 Å². The van der Waals surface area contributed by atoms with Crippen molar-refractivity contribution in [3.63, 3.8) is 0 Å². The van der Waals surface area contributed by atoms with Crippen molar-refractivity contribution >= 4 is 5.91 Å². The van der Waals surface area contributed by atoms with E-state index in [1.165, 1.54) is 5.56 Å². The smallest absolute Gasteiger partial charge is 0.220 e. The van der Waals surface area contributed by atoms with Crippen LogP contribution in [0.2, 0.25) is 0 Å². The van der Waals surface area contributed by atoms with Crippen LogP contribution in [0.5, 0.6) is 0 Å². The van der Waals surface area contributed by atoms with Gasteiger partial charge in [0.25, 0.3) is 0 Å². The maximum Gasteiger partial charge on any atom is 0.220 e. The average molecular weight is 290 g/mol. The van der Waals surface area contributed by atoms with Gasteiger partial charge in [-0.3, -0.25) is 9.69 Å². The van der Waals surface area contributed by atoms with Crippen LogP contribution in [0.15, 0.2) is 30.3 Å². The SMILES string of the molecule is CCN(CC)C(C)CNC(=O)CC(C)(C)c1ccccc1. The zero-order valence-electron chi connectivity index (χ0n) is 14.1. The van der Waals surface area contributed by atoms with Gasteiger partial charge in [0.2, 0.25) is 5.91 Å². The third kappa shape index (κ3) is 5.50. The Bertz CT molecular complexity index is 424. The molecular weight excluding hydrogens is 260 g/mol. The van der Waals surface area contributed by atoms with Crippen LogP contribution in [0, 0.1) is 0 Å². The molecule has 1 unspecified atom stereocenters. The number of nitrogens with one attached hydrogen (secondary N) is 1. The van der Waals surface area contributed by atoms with E-state index in [1.54, 1.807) is 0 Å². The van der Waals surface area contributed by atoms with E-state index in [2.05, 4.69) is 57.0 Å². The fourth-order valence-electron chi connectivity index (χ4n) is 2.69. The standard InChI is InChI=1S/C18H30N2O/c1-6-20(7-2)15(3)14-19-17(21)13-18(4,5)16-11-9-8-10-12-16/h8-12,15H,6-7,13-14H2,1-5H3,(H,19,21). The molecule has 0 fully saturated rings. The van der Waals surface area contributed by atoms with Gasteiger partial charge in [-0.1, -0.05) is 58.0 Å². The van der Waals surface area contributed by atoms with Crippen molar-refractivity contribution in [1.29, 1.82) is 0 Å². The van der Waals surface area contributed by atoms with E-state index >= 15 is 0 Å². The highest BCUT2D eigenvalue weighted by molar-refractivity contribution is 5.77. The van der Waals surface area contributed by atoms with Gasteiger partial charge in [0.15, 0.2) is 0 Å². The Kier molecular flexibility index (Phi) is 6.90. The Morgan fingerprint density at radius 1 is 1.19 bits per heavy atom. The van der Waals surface area contributed by atoms with Crippen molar-refractivity contribution in [2.45, 2.75) is 52.5 Å². The second-order valence-electron chi connectivity index (χ2n) is 6.30. The van der Waals surface area contributed by atoms with Crippen LogP contribution in [0.4, 0.5) is 0 Å². The average Bonchev–Trinajstić information content (AvgIpc) is 2.47. The minimum absolute atomic E-state index is 0.128. The van der Waals surface area contributed by atoms with Gasteiger partial charge in [0, 0.05) is 19.0 Å². The minimum atomic E-state index is -0.135. The van der Waals surface area contributed by atoms with E-state index in [4.69, 9.17) is 0 Å². The van der Waals surface area contributed by atoms with E-state index in [1.807, 2.05) is 18.2 Å². The summed E-state index contributed by atoms with van der Waals surface area (Å²) in [4.78, 5) is 14.6. The summed E-state index contributed by atoms with van der Waals surface area (Å²) in [7, 11) is 0. The van der Waals surface area contributed by atoms with Crippen LogP contribution in [-0.2, 0) is 10.2 Å². The first kappa shape index (κ1) is 17.7. The molecule has 1 amide bonds. The van der Waals surface area contributed by atoms with E-state index in [9.17, 15) is 4.79 Å². The lowest BCUT2D eigenvalue weighted by atomic mass is 9.81. The molecule has 0 heterocycles. The number of likely N-dealkylation sites (N-methyl/N-ethyl adjacent to an activating group) is 1. The van der Waals surface area contributed by atoms with Crippen molar-refractivity contribution in [2.24, 2.45) is 0 Å². The predicted molar refractivity (Wildman–Crippen MR) is 89.5 cm³/mol. The van der Waals surface area contributed by atoms with Gasteiger partial charge in [0.05, 0.1) is 0 Å². The van der Waals surface area contributed by atoms with Crippen LogP contribution >= 0.6 is 0 Å². The predicted octanol–water partition coefficient (Wildman–Crippen LogP) is 3.20. The van der Waals surface area contributed by atoms with E-state index in [-0.39, 0.29) is 11.3 Å². The second kappa shape index (κ2) is 8.18. The molecule has 1 aromatic carbocycles. The molecule has 21 heavy (non-hydrogen) atoms. The molecule has 0 spiro atoms. The van der Waals surface area contributed by atoms with E-state index in [0.29, 0.717) is 19.0 Å². The van der Waals surface area contributed by atoms with Crippen LogP contribution in [0.3, 0.4) is 0 Å². The number of carbonyl (C=O) groups is 1. The van der Waals surface area contributed by atoms with Gasteiger partial charge < -0.3 is 5.32 Å². The molecule has 118 valence electrons. The molecule has 3 nitrogen and oxygen atoms in total. The lowest BCUT2D eigenvalue weighted by Gasteiger charge is -2.28. The first-order chi connectivity index (χ1) is 9.90.